The molecule has 0 spiro atoms. The highest BCUT2D eigenvalue weighted by atomic mass is 32.2. The van der Waals surface area contributed by atoms with Crippen molar-refractivity contribution >= 4 is 16.9 Å². The van der Waals surface area contributed by atoms with Gasteiger partial charge in [-0.2, -0.15) is 0 Å². The molecule has 0 rings (SSSR count). The lowest BCUT2D eigenvalue weighted by atomic mass is 10.6. The summed E-state index contributed by atoms with van der Waals surface area (Å²) in [5, 5.41) is 4.02. The van der Waals surface area contributed by atoms with Gasteiger partial charge in [-0.15, -0.1) is 6.58 Å². The quantitative estimate of drug-likeness (QED) is 0.357. The van der Waals surface area contributed by atoms with Crippen molar-refractivity contribution in [2.75, 3.05) is 19.8 Å². The van der Waals surface area contributed by atoms with E-state index in [1.165, 1.54) is 0 Å². The Hall–Kier alpha value is -0.440. The van der Waals surface area contributed by atoms with Crippen LogP contribution in [-0.4, -0.2) is 25.0 Å². The molecule has 0 amide bonds. The molecule has 0 radical (unpaired) electrons. The molecule has 0 aromatic rings. The number of nitrogens with one attached hydrogen (secondary N) is 1. The molecule has 1 N–H and O–H groups in total. The highest BCUT2D eigenvalue weighted by Gasteiger charge is 1.87. The number of nitrogens with zero attached hydrogens (tertiary/aromatic N) is 1. The van der Waals surface area contributed by atoms with Gasteiger partial charge in [0.2, 0.25) is 0 Å². The van der Waals surface area contributed by atoms with E-state index >= 15 is 0 Å². The molecule has 0 atom stereocenters. The standard InChI is InChI=1S/C6H12N2S/c1-4-5-8-6(7-2)9-3/h4H,1,5H2,2-3H3,(H,7,8). The molecule has 52 valence electrons. The third kappa shape index (κ3) is 4.09. The summed E-state index contributed by atoms with van der Waals surface area (Å²) in [6.45, 7) is 4.36. The van der Waals surface area contributed by atoms with E-state index in [9.17, 15) is 0 Å². The molecule has 0 aliphatic carbocycles. The van der Waals surface area contributed by atoms with E-state index in [1.54, 1.807) is 24.9 Å². The van der Waals surface area contributed by atoms with Crippen LogP contribution < -0.4 is 5.32 Å². The van der Waals surface area contributed by atoms with Crippen molar-refractivity contribution in [3.05, 3.63) is 12.7 Å². The summed E-state index contributed by atoms with van der Waals surface area (Å²) < 4.78 is 0. The van der Waals surface area contributed by atoms with E-state index in [-0.39, 0.29) is 0 Å². The summed E-state index contributed by atoms with van der Waals surface area (Å²) >= 11 is 1.60. The van der Waals surface area contributed by atoms with E-state index in [1.807, 2.05) is 6.26 Å². The van der Waals surface area contributed by atoms with Crippen LogP contribution in [0.5, 0.6) is 0 Å². The van der Waals surface area contributed by atoms with Gasteiger partial charge in [-0.3, -0.25) is 4.99 Å². The number of hydrogen-bond acceptors (Lipinski definition) is 2. The molecule has 0 saturated carbocycles. The molecule has 0 aromatic carbocycles. The van der Waals surface area contributed by atoms with E-state index < -0.39 is 0 Å². The van der Waals surface area contributed by atoms with Crippen LogP contribution in [0.1, 0.15) is 0 Å². The second kappa shape index (κ2) is 5.69. The van der Waals surface area contributed by atoms with Gasteiger partial charge < -0.3 is 5.32 Å². The number of thioether (sulfide) groups is 1. The zero-order chi connectivity index (χ0) is 7.11. The van der Waals surface area contributed by atoms with E-state index in [4.69, 9.17) is 0 Å². The smallest absolute Gasteiger partial charge is 0.156 e. The normalized spacial score (nSPS) is 11.1. The van der Waals surface area contributed by atoms with Crippen LogP contribution in [0.2, 0.25) is 0 Å². The van der Waals surface area contributed by atoms with Crippen molar-refractivity contribution in [1.29, 1.82) is 0 Å². The van der Waals surface area contributed by atoms with Crippen LogP contribution in [0.15, 0.2) is 17.6 Å². The lowest BCUT2D eigenvalue weighted by molar-refractivity contribution is 1.06. The first-order chi connectivity index (χ1) is 4.35. The average Bonchev–Trinajstić information content (AvgIpc) is 1.91. The molecule has 0 saturated heterocycles. The monoisotopic (exact) mass is 144 g/mol. The first kappa shape index (κ1) is 8.56. The average molecular weight is 144 g/mol. The Bertz CT molecular complexity index is 110. The van der Waals surface area contributed by atoms with Gasteiger partial charge in [0.25, 0.3) is 0 Å². The molecule has 0 unspecified atom stereocenters. The summed E-state index contributed by atoms with van der Waals surface area (Å²) in [6, 6.07) is 0. The first-order valence-electron chi connectivity index (χ1n) is 2.70. The van der Waals surface area contributed by atoms with Crippen LogP contribution in [0, 0.1) is 0 Å². The fourth-order valence-electron chi connectivity index (χ4n) is 0.402. The molecule has 0 aliphatic heterocycles. The topological polar surface area (TPSA) is 24.4 Å². The third-order valence-corrected chi connectivity index (χ3v) is 1.51. The molecular formula is C6H12N2S. The Labute approximate surface area is 60.4 Å². The molecular weight excluding hydrogens is 132 g/mol. The zero-order valence-corrected chi connectivity index (χ0v) is 6.66. The Morgan fingerprint density at radius 3 is 2.89 bits per heavy atom. The van der Waals surface area contributed by atoms with E-state index in [2.05, 4.69) is 16.9 Å². The predicted octanol–water partition coefficient (Wildman–Crippen LogP) is 1.11. The van der Waals surface area contributed by atoms with Gasteiger partial charge in [-0.1, -0.05) is 17.8 Å². The van der Waals surface area contributed by atoms with Crippen LogP contribution >= 0.6 is 11.8 Å². The van der Waals surface area contributed by atoms with Crippen molar-refractivity contribution in [1.82, 2.24) is 5.32 Å². The Kier molecular flexibility index (Phi) is 5.41. The van der Waals surface area contributed by atoms with Gasteiger partial charge in [0.1, 0.15) is 0 Å². The van der Waals surface area contributed by atoms with Crippen molar-refractivity contribution in [2.24, 2.45) is 4.99 Å². The fraction of sp³-hybridized carbons (Fsp3) is 0.500. The van der Waals surface area contributed by atoms with E-state index in [0.717, 1.165) is 11.7 Å². The second-order valence-electron chi connectivity index (χ2n) is 1.40. The molecule has 0 fully saturated rings. The number of aliphatic imine (C=N–C) groups is 1. The summed E-state index contributed by atoms with van der Waals surface area (Å²) in [4.78, 5) is 3.96. The van der Waals surface area contributed by atoms with Gasteiger partial charge >= 0.3 is 0 Å². The van der Waals surface area contributed by atoms with Crippen molar-refractivity contribution in [3.63, 3.8) is 0 Å². The van der Waals surface area contributed by atoms with Crippen molar-refractivity contribution in [3.8, 4) is 0 Å². The molecule has 0 heterocycles. The maximum Gasteiger partial charge on any atom is 0.156 e. The predicted molar refractivity (Wildman–Crippen MR) is 45.1 cm³/mol. The molecule has 0 aromatic heterocycles. The third-order valence-electron chi connectivity index (χ3n) is 0.794. The van der Waals surface area contributed by atoms with Crippen LogP contribution in [0.4, 0.5) is 0 Å². The maximum atomic E-state index is 3.96. The van der Waals surface area contributed by atoms with Gasteiger partial charge in [0.05, 0.1) is 0 Å². The Balaban J connectivity index is 3.44. The summed E-state index contributed by atoms with van der Waals surface area (Å²) in [5.41, 5.74) is 0. The SMILES string of the molecule is C=CCNC(=NC)SC. The molecule has 9 heavy (non-hydrogen) atoms. The summed E-state index contributed by atoms with van der Waals surface area (Å²) in [5.74, 6) is 0. The molecule has 0 aliphatic rings. The van der Waals surface area contributed by atoms with Crippen molar-refractivity contribution in [2.45, 2.75) is 0 Å². The number of hydrogen-bond donors (Lipinski definition) is 1. The van der Waals surface area contributed by atoms with Gasteiger partial charge in [0.15, 0.2) is 5.17 Å². The number of amidine groups is 1. The minimum absolute atomic E-state index is 0.785. The van der Waals surface area contributed by atoms with Gasteiger partial charge in [0, 0.05) is 13.6 Å². The minimum atomic E-state index is 0.785. The molecule has 2 nitrogen and oxygen atoms in total. The zero-order valence-electron chi connectivity index (χ0n) is 5.85. The Morgan fingerprint density at radius 2 is 2.56 bits per heavy atom. The highest BCUT2D eigenvalue weighted by molar-refractivity contribution is 8.13. The largest absolute Gasteiger partial charge is 0.361 e. The first-order valence-corrected chi connectivity index (χ1v) is 3.93. The summed E-state index contributed by atoms with van der Waals surface area (Å²) in [7, 11) is 1.77. The lowest BCUT2D eigenvalue weighted by Crippen LogP contribution is -2.19. The van der Waals surface area contributed by atoms with Gasteiger partial charge in [-0.25, -0.2) is 0 Å². The van der Waals surface area contributed by atoms with Crippen LogP contribution in [0.25, 0.3) is 0 Å². The molecule has 0 bridgehead atoms. The minimum Gasteiger partial charge on any atom is -0.361 e. The van der Waals surface area contributed by atoms with E-state index in [0.29, 0.717) is 0 Å². The maximum absolute atomic E-state index is 3.96. The van der Waals surface area contributed by atoms with Crippen LogP contribution in [0.3, 0.4) is 0 Å². The lowest BCUT2D eigenvalue weighted by Gasteiger charge is -2.00. The van der Waals surface area contributed by atoms with Gasteiger partial charge in [-0.05, 0) is 6.26 Å². The number of rotatable bonds is 2. The Morgan fingerprint density at radius 1 is 1.89 bits per heavy atom. The highest BCUT2D eigenvalue weighted by Crippen LogP contribution is 1.91. The van der Waals surface area contributed by atoms with Crippen molar-refractivity contribution < 1.29 is 0 Å². The van der Waals surface area contributed by atoms with Crippen LogP contribution in [-0.2, 0) is 0 Å². The summed E-state index contributed by atoms with van der Waals surface area (Å²) in [6.07, 6.45) is 3.79. The second-order valence-corrected chi connectivity index (χ2v) is 2.20. The fourth-order valence-corrected chi connectivity index (χ4v) is 0.812. The molecule has 3 heteroatoms.